The van der Waals surface area contributed by atoms with E-state index >= 15 is 0 Å². The summed E-state index contributed by atoms with van der Waals surface area (Å²) < 4.78 is 0. The van der Waals surface area contributed by atoms with E-state index in [1.807, 2.05) is 30.6 Å². The van der Waals surface area contributed by atoms with Gasteiger partial charge in [0.25, 0.3) is 0 Å². The maximum Gasteiger partial charge on any atom is 0.226 e. The first kappa shape index (κ1) is 12.7. The van der Waals surface area contributed by atoms with Crippen molar-refractivity contribution in [3.05, 3.63) is 41.2 Å². The van der Waals surface area contributed by atoms with E-state index in [-0.39, 0.29) is 5.91 Å². The second-order valence-electron chi connectivity index (χ2n) is 4.06. The molecular formula is C13H15N3OS. The fourth-order valence-electron chi connectivity index (χ4n) is 1.59. The third-order valence-electron chi connectivity index (χ3n) is 2.46. The summed E-state index contributed by atoms with van der Waals surface area (Å²) in [5, 5.41) is 5.40. The monoisotopic (exact) mass is 261 g/mol. The quantitative estimate of drug-likeness (QED) is 0.900. The van der Waals surface area contributed by atoms with E-state index in [9.17, 15) is 4.79 Å². The molecule has 2 aromatic heterocycles. The van der Waals surface area contributed by atoms with E-state index < -0.39 is 0 Å². The number of carbonyl (C=O) groups excluding carboxylic acids is 1. The van der Waals surface area contributed by atoms with Crippen LogP contribution in [-0.4, -0.2) is 15.9 Å². The minimum absolute atomic E-state index is 0.0215. The Bertz CT molecular complexity index is 510. The van der Waals surface area contributed by atoms with Gasteiger partial charge >= 0.3 is 0 Å². The molecule has 18 heavy (non-hydrogen) atoms. The molecule has 0 aliphatic heterocycles. The first-order valence-electron chi connectivity index (χ1n) is 5.85. The topological polar surface area (TPSA) is 54.9 Å². The lowest BCUT2D eigenvalue weighted by Crippen LogP contribution is -2.11. The Morgan fingerprint density at radius 1 is 1.50 bits per heavy atom. The summed E-state index contributed by atoms with van der Waals surface area (Å²) in [7, 11) is 0. The molecule has 5 heteroatoms. The summed E-state index contributed by atoms with van der Waals surface area (Å²) in [4.78, 5) is 19.9. The van der Waals surface area contributed by atoms with Crippen LogP contribution in [0.5, 0.6) is 0 Å². The summed E-state index contributed by atoms with van der Waals surface area (Å²) >= 11 is 1.45. The van der Waals surface area contributed by atoms with E-state index in [1.165, 1.54) is 11.3 Å². The number of hydrogen-bond donors (Lipinski definition) is 1. The van der Waals surface area contributed by atoms with Gasteiger partial charge in [0, 0.05) is 24.2 Å². The zero-order valence-corrected chi connectivity index (χ0v) is 11.0. The first-order valence-corrected chi connectivity index (χ1v) is 6.73. The molecule has 0 aliphatic rings. The highest BCUT2D eigenvalue weighted by Gasteiger charge is 2.05. The third-order valence-corrected chi connectivity index (χ3v) is 3.33. The molecule has 2 heterocycles. The number of aryl methyl sites for hydroxylation is 2. The summed E-state index contributed by atoms with van der Waals surface area (Å²) in [6.07, 6.45) is 5.79. The number of rotatable bonds is 5. The number of pyridine rings is 1. The molecule has 0 aromatic carbocycles. The van der Waals surface area contributed by atoms with Gasteiger partial charge in [-0.3, -0.25) is 9.78 Å². The molecule has 1 amide bonds. The predicted octanol–water partition coefficient (Wildman–Crippen LogP) is 2.81. The molecule has 0 saturated heterocycles. The molecule has 0 radical (unpaired) electrons. The summed E-state index contributed by atoms with van der Waals surface area (Å²) in [5.41, 5.74) is 2.10. The lowest BCUT2D eigenvalue weighted by Gasteiger charge is -2.02. The molecule has 0 unspecified atom stereocenters. The maximum absolute atomic E-state index is 11.7. The van der Waals surface area contributed by atoms with Crippen LogP contribution < -0.4 is 5.32 Å². The van der Waals surface area contributed by atoms with Crippen LogP contribution in [0.15, 0.2) is 29.9 Å². The number of carbonyl (C=O) groups is 1. The first-order chi connectivity index (χ1) is 8.74. The summed E-state index contributed by atoms with van der Waals surface area (Å²) in [6.45, 7) is 1.91. The van der Waals surface area contributed by atoms with Crippen LogP contribution in [0.1, 0.15) is 24.1 Å². The van der Waals surface area contributed by atoms with Crippen molar-refractivity contribution < 1.29 is 4.79 Å². The second kappa shape index (κ2) is 6.26. The van der Waals surface area contributed by atoms with Crippen molar-refractivity contribution in [1.82, 2.24) is 9.97 Å². The van der Waals surface area contributed by atoms with Gasteiger partial charge in [-0.05, 0) is 31.4 Å². The van der Waals surface area contributed by atoms with Crippen LogP contribution in [0.4, 0.5) is 5.13 Å². The number of amides is 1. The number of hydrogen-bond acceptors (Lipinski definition) is 4. The van der Waals surface area contributed by atoms with Gasteiger partial charge in [0.2, 0.25) is 5.91 Å². The smallest absolute Gasteiger partial charge is 0.226 e. The Morgan fingerprint density at radius 3 is 3.06 bits per heavy atom. The molecule has 0 saturated carbocycles. The van der Waals surface area contributed by atoms with Crippen LogP contribution in [0.3, 0.4) is 0 Å². The molecule has 4 nitrogen and oxygen atoms in total. The van der Waals surface area contributed by atoms with Crippen molar-refractivity contribution in [3.63, 3.8) is 0 Å². The molecule has 1 N–H and O–H groups in total. The zero-order valence-electron chi connectivity index (χ0n) is 10.2. The molecule has 0 aliphatic carbocycles. The Hall–Kier alpha value is -1.75. The molecule has 0 atom stereocenters. The molecule has 0 fully saturated rings. The molecule has 2 rings (SSSR count). The van der Waals surface area contributed by atoms with Crippen molar-refractivity contribution in [1.29, 1.82) is 0 Å². The average Bonchev–Trinajstić information content (AvgIpc) is 2.76. The van der Waals surface area contributed by atoms with Gasteiger partial charge in [0.1, 0.15) is 0 Å². The Morgan fingerprint density at radius 2 is 2.39 bits per heavy atom. The van der Waals surface area contributed by atoms with Gasteiger partial charge in [-0.25, -0.2) is 4.98 Å². The van der Waals surface area contributed by atoms with Gasteiger partial charge in [-0.2, -0.15) is 0 Å². The molecule has 2 aromatic rings. The highest BCUT2D eigenvalue weighted by Crippen LogP contribution is 2.15. The average molecular weight is 261 g/mol. The fourth-order valence-corrected chi connectivity index (χ4v) is 2.30. The van der Waals surface area contributed by atoms with Crippen molar-refractivity contribution in [3.8, 4) is 0 Å². The molecule has 94 valence electrons. The van der Waals surface area contributed by atoms with Crippen molar-refractivity contribution in [2.75, 3.05) is 5.32 Å². The number of anilines is 1. The van der Waals surface area contributed by atoms with E-state index in [0.29, 0.717) is 11.6 Å². The van der Waals surface area contributed by atoms with Crippen molar-refractivity contribution in [2.45, 2.75) is 26.2 Å². The maximum atomic E-state index is 11.7. The van der Waals surface area contributed by atoms with Crippen LogP contribution in [0.25, 0.3) is 0 Å². The standard InChI is InChI=1S/C13H15N3OS/c1-10-9-18-13(15-10)16-12(17)6-2-4-11-5-3-7-14-8-11/h3,5,7-9H,2,4,6H2,1H3,(H,15,16,17). The lowest BCUT2D eigenvalue weighted by molar-refractivity contribution is -0.116. The number of aromatic nitrogens is 2. The van der Waals surface area contributed by atoms with Gasteiger partial charge in [-0.15, -0.1) is 11.3 Å². The summed E-state index contributed by atoms with van der Waals surface area (Å²) in [6, 6.07) is 3.93. The highest BCUT2D eigenvalue weighted by molar-refractivity contribution is 7.13. The van der Waals surface area contributed by atoms with Gasteiger partial charge in [-0.1, -0.05) is 6.07 Å². The van der Waals surface area contributed by atoms with E-state index in [4.69, 9.17) is 0 Å². The predicted molar refractivity (Wildman–Crippen MR) is 72.7 cm³/mol. The molecule has 0 bridgehead atoms. The van der Waals surface area contributed by atoms with Crippen molar-refractivity contribution in [2.24, 2.45) is 0 Å². The van der Waals surface area contributed by atoms with Crippen LogP contribution in [0, 0.1) is 6.92 Å². The van der Waals surface area contributed by atoms with Gasteiger partial charge in [0.05, 0.1) is 5.69 Å². The Labute approximate surface area is 110 Å². The largest absolute Gasteiger partial charge is 0.302 e. The van der Waals surface area contributed by atoms with Gasteiger partial charge in [0.15, 0.2) is 5.13 Å². The molecular weight excluding hydrogens is 246 g/mol. The van der Waals surface area contributed by atoms with E-state index in [1.54, 1.807) is 6.20 Å². The number of nitrogens with one attached hydrogen (secondary N) is 1. The third kappa shape index (κ3) is 3.92. The van der Waals surface area contributed by atoms with Crippen molar-refractivity contribution >= 4 is 22.4 Å². The number of nitrogens with zero attached hydrogens (tertiary/aromatic N) is 2. The fraction of sp³-hybridized carbons (Fsp3) is 0.308. The van der Waals surface area contributed by atoms with Crippen LogP contribution in [-0.2, 0) is 11.2 Å². The van der Waals surface area contributed by atoms with Crippen LogP contribution >= 0.6 is 11.3 Å². The molecule has 0 spiro atoms. The summed E-state index contributed by atoms with van der Waals surface area (Å²) in [5.74, 6) is 0.0215. The number of thiazole rings is 1. The minimum atomic E-state index is 0.0215. The SMILES string of the molecule is Cc1csc(NC(=O)CCCc2cccnc2)n1. The Balaban J connectivity index is 1.72. The van der Waals surface area contributed by atoms with Crippen LogP contribution in [0.2, 0.25) is 0 Å². The minimum Gasteiger partial charge on any atom is -0.302 e. The zero-order chi connectivity index (χ0) is 12.8. The van der Waals surface area contributed by atoms with E-state index in [0.717, 1.165) is 24.1 Å². The normalized spacial score (nSPS) is 10.3. The lowest BCUT2D eigenvalue weighted by atomic mass is 10.1. The van der Waals surface area contributed by atoms with E-state index in [2.05, 4.69) is 15.3 Å². The van der Waals surface area contributed by atoms with Gasteiger partial charge < -0.3 is 5.32 Å². The highest BCUT2D eigenvalue weighted by atomic mass is 32.1. The Kier molecular flexibility index (Phi) is 4.41. The second-order valence-corrected chi connectivity index (χ2v) is 4.92.